The Morgan fingerprint density at radius 2 is 2.10 bits per heavy atom. The van der Waals surface area contributed by atoms with E-state index in [4.69, 9.17) is 0 Å². The van der Waals surface area contributed by atoms with Gasteiger partial charge in [0.2, 0.25) is 5.91 Å². The van der Waals surface area contributed by atoms with Crippen LogP contribution in [0.2, 0.25) is 0 Å². The Labute approximate surface area is 119 Å². The van der Waals surface area contributed by atoms with Crippen LogP contribution in [0.25, 0.3) is 0 Å². The molecule has 2 aliphatic rings. The summed E-state index contributed by atoms with van der Waals surface area (Å²) in [6.45, 7) is 5.24. The lowest BCUT2D eigenvalue weighted by molar-refractivity contribution is -0.133. The molecule has 1 amide bonds. The topological polar surface area (TPSA) is 49.4 Å². The van der Waals surface area contributed by atoms with Crippen molar-refractivity contribution < 1.29 is 9.59 Å². The summed E-state index contributed by atoms with van der Waals surface area (Å²) in [7, 11) is 0. The Balaban J connectivity index is 1.87. The first-order chi connectivity index (χ1) is 9.70. The molecule has 0 radical (unpaired) electrons. The van der Waals surface area contributed by atoms with Crippen LogP contribution in [0.1, 0.15) is 40.7 Å². The minimum absolute atomic E-state index is 0.114. The van der Waals surface area contributed by atoms with Gasteiger partial charge in [0.25, 0.3) is 0 Å². The van der Waals surface area contributed by atoms with Crippen LogP contribution in [0.15, 0.2) is 18.2 Å². The molecule has 3 rings (SSSR count). The number of carbonyl (C=O) groups is 2. The van der Waals surface area contributed by atoms with E-state index in [2.05, 4.69) is 12.2 Å². The molecule has 0 spiro atoms. The van der Waals surface area contributed by atoms with Gasteiger partial charge in [-0.1, -0.05) is 19.1 Å². The molecule has 4 nitrogen and oxygen atoms in total. The molecular weight excluding hydrogens is 252 g/mol. The number of fused-ring (bicyclic) bond motifs is 1. The molecule has 1 heterocycles. The van der Waals surface area contributed by atoms with Gasteiger partial charge in [0.1, 0.15) is 0 Å². The molecular formula is C16H20N2O2. The van der Waals surface area contributed by atoms with Gasteiger partial charge in [0.15, 0.2) is 5.78 Å². The van der Waals surface area contributed by atoms with Crippen molar-refractivity contribution in [3.05, 3.63) is 34.9 Å². The van der Waals surface area contributed by atoms with Crippen molar-refractivity contribution >= 4 is 11.7 Å². The fraction of sp³-hybridized carbons (Fsp3) is 0.500. The molecule has 1 aromatic rings. The number of nitrogens with zero attached hydrogens (tertiary/aromatic N) is 1. The summed E-state index contributed by atoms with van der Waals surface area (Å²) in [5, 5.41) is 3.24. The molecule has 0 saturated carbocycles. The number of piperazine rings is 1. The minimum Gasteiger partial charge on any atom is -0.340 e. The maximum Gasteiger partial charge on any atom is 0.230 e. The van der Waals surface area contributed by atoms with Gasteiger partial charge in [0.05, 0.1) is 5.92 Å². The minimum atomic E-state index is -0.262. The first kappa shape index (κ1) is 13.3. The van der Waals surface area contributed by atoms with E-state index in [1.165, 1.54) is 0 Å². The normalized spacial score (nSPS) is 21.9. The second kappa shape index (κ2) is 5.37. The average molecular weight is 272 g/mol. The van der Waals surface area contributed by atoms with Crippen LogP contribution >= 0.6 is 0 Å². The zero-order valence-electron chi connectivity index (χ0n) is 11.8. The summed E-state index contributed by atoms with van der Waals surface area (Å²) >= 11 is 0. The van der Waals surface area contributed by atoms with Crippen molar-refractivity contribution in [1.82, 2.24) is 10.2 Å². The summed E-state index contributed by atoms with van der Waals surface area (Å²) in [5.41, 5.74) is 2.85. The summed E-state index contributed by atoms with van der Waals surface area (Å²) in [6.07, 6.45) is 1.25. The fourth-order valence-electron chi connectivity index (χ4n) is 3.10. The van der Waals surface area contributed by atoms with Gasteiger partial charge in [-0.25, -0.2) is 0 Å². The van der Waals surface area contributed by atoms with Crippen LogP contribution in [0.3, 0.4) is 0 Å². The second-order valence-corrected chi connectivity index (χ2v) is 5.53. The van der Waals surface area contributed by atoms with Crippen molar-refractivity contribution in [3.63, 3.8) is 0 Å². The molecule has 1 atom stereocenters. The van der Waals surface area contributed by atoms with Crippen molar-refractivity contribution in [2.45, 2.75) is 25.7 Å². The average Bonchev–Trinajstić information content (AvgIpc) is 2.84. The number of Topliss-reactive ketones (excluding diaryl/α,β-unsaturated/α-hetero) is 1. The first-order valence-electron chi connectivity index (χ1n) is 7.36. The number of hydrogen-bond donors (Lipinski definition) is 1. The van der Waals surface area contributed by atoms with E-state index in [1.807, 2.05) is 23.1 Å². The van der Waals surface area contributed by atoms with Crippen LogP contribution in [0.4, 0.5) is 0 Å². The van der Waals surface area contributed by atoms with E-state index in [0.717, 1.165) is 49.3 Å². The Bertz CT molecular complexity index is 547. The molecule has 4 heteroatoms. The number of nitrogens with one attached hydrogen (secondary N) is 1. The van der Waals surface area contributed by atoms with Crippen LogP contribution in [0.5, 0.6) is 0 Å². The largest absolute Gasteiger partial charge is 0.340 e. The van der Waals surface area contributed by atoms with E-state index in [1.54, 1.807) is 0 Å². The summed E-state index contributed by atoms with van der Waals surface area (Å²) in [4.78, 5) is 26.6. The molecule has 1 saturated heterocycles. The quantitative estimate of drug-likeness (QED) is 0.884. The smallest absolute Gasteiger partial charge is 0.230 e. The van der Waals surface area contributed by atoms with Gasteiger partial charge in [0, 0.05) is 38.2 Å². The lowest BCUT2D eigenvalue weighted by atomic mass is 9.97. The predicted octanol–water partition coefficient (Wildman–Crippen LogP) is 1.35. The first-order valence-corrected chi connectivity index (χ1v) is 7.36. The van der Waals surface area contributed by atoms with Crippen molar-refractivity contribution in [2.75, 3.05) is 26.2 Å². The Morgan fingerprint density at radius 1 is 1.35 bits per heavy atom. The highest BCUT2D eigenvalue weighted by Gasteiger charge is 2.36. The summed E-state index contributed by atoms with van der Waals surface area (Å²) in [5.74, 6) is -0.0341. The number of aryl methyl sites for hydroxylation is 1. The highest BCUT2D eigenvalue weighted by Crippen LogP contribution is 2.35. The Kier molecular flexibility index (Phi) is 3.57. The van der Waals surface area contributed by atoms with E-state index < -0.39 is 0 Å². The third-order valence-electron chi connectivity index (χ3n) is 4.32. The SMILES string of the molecule is CCc1ccc2c(c1)C(=O)CC2C(=O)N1CCNCC1. The molecule has 106 valence electrons. The second-order valence-electron chi connectivity index (χ2n) is 5.53. The van der Waals surface area contributed by atoms with Crippen LogP contribution in [-0.4, -0.2) is 42.8 Å². The number of amides is 1. The summed E-state index contributed by atoms with van der Waals surface area (Å²) < 4.78 is 0. The van der Waals surface area contributed by atoms with Gasteiger partial charge in [-0.3, -0.25) is 9.59 Å². The maximum atomic E-state index is 12.6. The summed E-state index contributed by atoms with van der Waals surface area (Å²) in [6, 6.07) is 5.97. The van der Waals surface area contributed by atoms with Gasteiger partial charge in [-0.05, 0) is 23.6 Å². The molecule has 1 aliphatic heterocycles. The molecule has 0 aromatic heterocycles. The molecule has 1 N–H and O–H groups in total. The highest BCUT2D eigenvalue weighted by molar-refractivity contribution is 6.06. The molecule has 1 fully saturated rings. The van der Waals surface area contributed by atoms with Gasteiger partial charge in [-0.2, -0.15) is 0 Å². The van der Waals surface area contributed by atoms with Crippen molar-refractivity contribution in [1.29, 1.82) is 0 Å². The van der Waals surface area contributed by atoms with E-state index in [9.17, 15) is 9.59 Å². The number of rotatable bonds is 2. The monoisotopic (exact) mass is 272 g/mol. The van der Waals surface area contributed by atoms with Crippen molar-refractivity contribution in [2.24, 2.45) is 0 Å². The third kappa shape index (κ3) is 2.24. The Hall–Kier alpha value is -1.68. The van der Waals surface area contributed by atoms with Gasteiger partial charge < -0.3 is 10.2 Å². The van der Waals surface area contributed by atoms with E-state index in [0.29, 0.717) is 6.42 Å². The molecule has 20 heavy (non-hydrogen) atoms. The molecule has 0 bridgehead atoms. The van der Waals surface area contributed by atoms with Gasteiger partial charge >= 0.3 is 0 Å². The van der Waals surface area contributed by atoms with E-state index >= 15 is 0 Å². The van der Waals surface area contributed by atoms with Crippen LogP contribution in [0, 0.1) is 0 Å². The van der Waals surface area contributed by atoms with Crippen LogP contribution < -0.4 is 5.32 Å². The highest BCUT2D eigenvalue weighted by atomic mass is 16.2. The standard InChI is InChI=1S/C16H20N2O2/c1-2-11-3-4-12-13(9-11)15(19)10-14(12)16(20)18-7-5-17-6-8-18/h3-4,9,14,17H,2,5-8,10H2,1H3. The van der Waals surface area contributed by atoms with Gasteiger partial charge in [-0.15, -0.1) is 0 Å². The lowest BCUT2D eigenvalue weighted by Crippen LogP contribution is -2.47. The molecule has 1 aliphatic carbocycles. The molecule has 1 aromatic carbocycles. The fourth-order valence-corrected chi connectivity index (χ4v) is 3.10. The number of benzene rings is 1. The Morgan fingerprint density at radius 3 is 2.80 bits per heavy atom. The predicted molar refractivity (Wildman–Crippen MR) is 77.0 cm³/mol. The zero-order valence-corrected chi connectivity index (χ0v) is 11.8. The third-order valence-corrected chi connectivity index (χ3v) is 4.32. The number of hydrogen-bond acceptors (Lipinski definition) is 3. The van der Waals surface area contributed by atoms with Crippen LogP contribution in [-0.2, 0) is 11.2 Å². The number of carbonyl (C=O) groups excluding carboxylic acids is 2. The zero-order chi connectivity index (χ0) is 14.1. The molecule has 1 unspecified atom stereocenters. The van der Waals surface area contributed by atoms with Crippen molar-refractivity contribution in [3.8, 4) is 0 Å². The van der Waals surface area contributed by atoms with E-state index in [-0.39, 0.29) is 17.6 Å². The lowest BCUT2D eigenvalue weighted by Gasteiger charge is -2.29. The number of ketones is 1. The maximum absolute atomic E-state index is 12.6.